The van der Waals surface area contributed by atoms with Crippen LogP contribution in [0.5, 0.6) is 0 Å². The number of amides is 1. The summed E-state index contributed by atoms with van der Waals surface area (Å²) in [6.07, 6.45) is -0.178. The topological polar surface area (TPSA) is 52.2 Å². The van der Waals surface area contributed by atoms with Crippen molar-refractivity contribution in [1.29, 1.82) is 0 Å². The molecule has 0 radical (unpaired) electrons. The zero-order valence-corrected chi connectivity index (χ0v) is 16.3. The molecule has 5 nitrogen and oxygen atoms in total. The average Bonchev–Trinajstić information content (AvgIpc) is 3.31. The van der Waals surface area contributed by atoms with Gasteiger partial charge in [0.2, 0.25) is 5.82 Å². The van der Waals surface area contributed by atoms with E-state index in [0.29, 0.717) is 23.4 Å². The second kappa shape index (κ2) is 6.76. The minimum atomic E-state index is -4.54. The van der Waals surface area contributed by atoms with Crippen molar-refractivity contribution in [2.24, 2.45) is 11.8 Å². The molecule has 1 N–H and O–H groups in total. The standard InChI is InChI=1S/C20H25F3N4O/c1-26(2)14-6-12-8-15(9-13(12)7-14)27(3)18(28)11-4-5-16-17(10-11)25-19(24-16)20(21,22)23/h4-5,10,12-15H,6-9H2,1-3H3,(H,24,25)/t12-,13+,14?,15?. The smallest absolute Gasteiger partial charge is 0.339 e. The number of imidazole rings is 1. The lowest BCUT2D eigenvalue weighted by atomic mass is 10.0. The Bertz CT molecular complexity index is 877. The first-order valence-electron chi connectivity index (χ1n) is 9.64. The molecule has 28 heavy (non-hydrogen) atoms. The Kier molecular flexibility index (Phi) is 4.64. The number of nitrogens with one attached hydrogen (secondary N) is 1. The van der Waals surface area contributed by atoms with E-state index in [0.717, 1.165) is 12.8 Å². The second-order valence-corrected chi connectivity index (χ2v) is 8.47. The van der Waals surface area contributed by atoms with Crippen molar-refractivity contribution in [3.05, 3.63) is 29.6 Å². The maximum absolute atomic E-state index is 12.9. The van der Waals surface area contributed by atoms with Gasteiger partial charge in [0.15, 0.2) is 0 Å². The van der Waals surface area contributed by atoms with E-state index >= 15 is 0 Å². The van der Waals surface area contributed by atoms with Gasteiger partial charge in [-0.1, -0.05) is 0 Å². The van der Waals surface area contributed by atoms with Crippen molar-refractivity contribution in [2.45, 2.75) is 43.9 Å². The molecule has 2 fully saturated rings. The Morgan fingerprint density at radius 1 is 1.07 bits per heavy atom. The Labute approximate surface area is 161 Å². The van der Waals surface area contributed by atoms with E-state index in [-0.39, 0.29) is 23.0 Å². The number of hydrogen-bond acceptors (Lipinski definition) is 3. The highest BCUT2D eigenvalue weighted by atomic mass is 19.4. The highest BCUT2D eigenvalue weighted by Crippen LogP contribution is 2.46. The summed E-state index contributed by atoms with van der Waals surface area (Å²) >= 11 is 0. The van der Waals surface area contributed by atoms with Crippen molar-refractivity contribution < 1.29 is 18.0 Å². The summed E-state index contributed by atoms with van der Waals surface area (Å²) in [5.41, 5.74) is 0.816. The second-order valence-electron chi connectivity index (χ2n) is 8.47. The molecule has 1 heterocycles. The van der Waals surface area contributed by atoms with Crippen molar-refractivity contribution in [3.63, 3.8) is 0 Å². The molecule has 0 bridgehead atoms. The fourth-order valence-corrected chi connectivity index (χ4v) is 4.94. The number of hydrogen-bond donors (Lipinski definition) is 1. The van der Waals surface area contributed by atoms with Gasteiger partial charge in [-0.25, -0.2) is 4.98 Å². The van der Waals surface area contributed by atoms with Crippen LogP contribution in [0.4, 0.5) is 13.2 Å². The van der Waals surface area contributed by atoms with Gasteiger partial charge in [0.25, 0.3) is 5.91 Å². The maximum atomic E-state index is 12.9. The summed E-state index contributed by atoms with van der Waals surface area (Å²) in [5, 5.41) is 0. The molecule has 1 amide bonds. The lowest BCUT2D eigenvalue weighted by Gasteiger charge is -2.27. The molecule has 0 spiro atoms. The summed E-state index contributed by atoms with van der Waals surface area (Å²) in [6, 6.07) is 5.30. The lowest BCUT2D eigenvalue weighted by Crippen LogP contribution is -2.36. The molecule has 2 unspecified atom stereocenters. The van der Waals surface area contributed by atoms with Crippen LogP contribution < -0.4 is 0 Å². The fraction of sp³-hybridized carbons (Fsp3) is 0.600. The number of halogens is 3. The van der Waals surface area contributed by atoms with Crippen LogP contribution in [0.25, 0.3) is 11.0 Å². The molecule has 1 aromatic heterocycles. The van der Waals surface area contributed by atoms with Crippen molar-refractivity contribution in [2.75, 3.05) is 21.1 Å². The van der Waals surface area contributed by atoms with E-state index < -0.39 is 12.0 Å². The van der Waals surface area contributed by atoms with Gasteiger partial charge in [-0.3, -0.25) is 4.79 Å². The number of fused-ring (bicyclic) bond motifs is 2. The zero-order chi connectivity index (χ0) is 20.2. The van der Waals surface area contributed by atoms with Crippen LogP contribution in [0.1, 0.15) is 41.9 Å². The first-order chi connectivity index (χ1) is 13.1. The number of carbonyl (C=O) groups is 1. The van der Waals surface area contributed by atoms with E-state index in [9.17, 15) is 18.0 Å². The summed E-state index contributed by atoms with van der Waals surface area (Å²) in [5.74, 6) is 0.105. The number of aromatic nitrogens is 2. The number of H-pyrrole nitrogens is 1. The summed E-state index contributed by atoms with van der Waals surface area (Å²) < 4.78 is 38.5. The molecule has 8 heteroatoms. The molecule has 2 aliphatic rings. The van der Waals surface area contributed by atoms with Crippen LogP contribution in [-0.4, -0.2) is 58.9 Å². The van der Waals surface area contributed by atoms with Crippen LogP contribution in [0.2, 0.25) is 0 Å². The highest BCUT2D eigenvalue weighted by Gasteiger charge is 2.44. The molecule has 0 aliphatic heterocycles. The minimum absolute atomic E-state index is 0.154. The molecule has 4 rings (SSSR count). The number of benzene rings is 1. The molecule has 4 atom stereocenters. The molecule has 2 aromatic rings. The summed E-state index contributed by atoms with van der Waals surface area (Å²) in [6.45, 7) is 0. The van der Waals surface area contributed by atoms with Crippen molar-refractivity contribution in [3.8, 4) is 0 Å². The lowest BCUT2D eigenvalue weighted by molar-refractivity contribution is -0.144. The SMILES string of the molecule is CN(C)C1C[C@@H]2CC(N(C)C(=O)c3ccc4nc(C(F)(F)F)[nH]c4c3)C[C@@H]2C1. The average molecular weight is 394 g/mol. The number of carbonyl (C=O) groups excluding carboxylic acids is 1. The predicted octanol–water partition coefficient (Wildman–Crippen LogP) is 3.77. The highest BCUT2D eigenvalue weighted by molar-refractivity contribution is 5.97. The van der Waals surface area contributed by atoms with Gasteiger partial charge >= 0.3 is 6.18 Å². The molecular weight excluding hydrogens is 369 g/mol. The van der Waals surface area contributed by atoms with E-state index in [4.69, 9.17) is 0 Å². The third kappa shape index (κ3) is 3.38. The Balaban J connectivity index is 1.47. The fourth-order valence-electron chi connectivity index (χ4n) is 4.94. The van der Waals surface area contributed by atoms with Crippen LogP contribution in [-0.2, 0) is 6.18 Å². The largest absolute Gasteiger partial charge is 0.449 e. The van der Waals surface area contributed by atoms with Crippen LogP contribution in [0, 0.1) is 11.8 Å². The van der Waals surface area contributed by atoms with Gasteiger partial charge in [-0.15, -0.1) is 0 Å². The number of alkyl halides is 3. The van der Waals surface area contributed by atoms with Crippen LogP contribution in [0.3, 0.4) is 0 Å². The molecule has 1 aromatic carbocycles. The molecule has 152 valence electrons. The third-order valence-electron chi connectivity index (χ3n) is 6.56. The number of nitrogens with zero attached hydrogens (tertiary/aromatic N) is 3. The monoisotopic (exact) mass is 394 g/mol. The quantitative estimate of drug-likeness (QED) is 0.862. The van der Waals surface area contributed by atoms with Gasteiger partial charge in [0.05, 0.1) is 11.0 Å². The van der Waals surface area contributed by atoms with E-state index in [1.54, 1.807) is 18.0 Å². The predicted molar refractivity (Wildman–Crippen MR) is 99.9 cm³/mol. The van der Waals surface area contributed by atoms with E-state index in [1.165, 1.54) is 25.0 Å². The van der Waals surface area contributed by atoms with Gasteiger partial charge in [0, 0.05) is 24.7 Å². The van der Waals surface area contributed by atoms with Gasteiger partial charge in [-0.2, -0.15) is 13.2 Å². The van der Waals surface area contributed by atoms with Gasteiger partial charge < -0.3 is 14.8 Å². The van der Waals surface area contributed by atoms with Gasteiger partial charge in [-0.05, 0) is 69.8 Å². The van der Waals surface area contributed by atoms with E-state index in [1.807, 2.05) is 0 Å². The van der Waals surface area contributed by atoms with E-state index in [2.05, 4.69) is 29.0 Å². The number of rotatable bonds is 3. The summed E-state index contributed by atoms with van der Waals surface area (Å²) in [4.78, 5) is 22.8. The normalized spacial score (nSPS) is 27.5. The van der Waals surface area contributed by atoms with Crippen molar-refractivity contribution in [1.82, 2.24) is 19.8 Å². The zero-order valence-electron chi connectivity index (χ0n) is 16.3. The summed E-state index contributed by atoms with van der Waals surface area (Å²) in [7, 11) is 6.04. The minimum Gasteiger partial charge on any atom is -0.339 e. The Morgan fingerprint density at radius 2 is 1.68 bits per heavy atom. The first-order valence-corrected chi connectivity index (χ1v) is 9.64. The Morgan fingerprint density at radius 3 is 2.25 bits per heavy atom. The molecule has 0 saturated heterocycles. The van der Waals surface area contributed by atoms with Crippen LogP contribution >= 0.6 is 0 Å². The first kappa shape index (κ1) is 19.2. The van der Waals surface area contributed by atoms with Crippen LogP contribution in [0.15, 0.2) is 18.2 Å². The van der Waals surface area contributed by atoms with Crippen molar-refractivity contribution >= 4 is 16.9 Å². The number of aromatic amines is 1. The molecule has 2 saturated carbocycles. The Hall–Kier alpha value is -2.09. The molecular formula is C20H25F3N4O. The van der Waals surface area contributed by atoms with Gasteiger partial charge in [0.1, 0.15) is 0 Å². The maximum Gasteiger partial charge on any atom is 0.449 e. The third-order valence-corrected chi connectivity index (χ3v) is 6.56. The molecule has 2 aliphatic carbocycles.